The minimum absolute atomic E-state index is 0.127. The van der Waals surface area contributed by atoms with Crippen LogP contribution in [-0.2, 0) is 0 Å². The summed E-state index contributed by atoms with van der Waals surface area (Å²) in [5, 5.41) is 27.3. The summed E-state index contributed by atoms with van der Waals surface area (Å²) < 4.78 is 0. The van der Waals surface area contributed by atoms with Gasteiger partial charge in [-0.05, 0) is 42.8 Å². The Morgan fingerprint density at radius 1 is 0.800 bits per heavy atom. The van der Waals surface area contributed by atoms with Crippen LogP contribution in [0.5, 0.6) is 0 Å². The number of anilines is 5. The Kier molecular flexibility index (Phi) is 6.38. The van der Waals surface area contributed by atoms with Gasteiger partial charge in [0.1, 0.15) is 0 Å². The minimum Gasteiger partial charge on any atom is -0.478 e. The first-order valence-corrected chi connectivity index (χ1v) is 9.15. The second kappa shape index (κ2) is 9.32. The van der Waals surface area contributed by atoms with Gasteiger partial charge in [-0.2, -0.15) is 15.0 Å². The lowest BCUT2D eigenvalue weighted by Crippen LogP contribution is -2.10. The molecule has 0 amide bonds. The van der Waals surface area contributed by atoms with Crippen molar-refractivity contribution in [3.05, 3.63) is 59.7 Å². The molecule has 154 valence electrons. The summed E-state index contributed by atoms with van der Waals surface area (Å²) in [5.74, 6) is -1.37. The maximum atomic E-state index is 11.2. The first-order valence-electron chi connectivity index (χ1n) is 9.15. The molecule has 0 bridgehead atoms. The van der Waals surface area contributed by atoms with Crippen molar-refractivity contribution in [2.24, 2.45) is 0 Å². The summed E-state index contributed by atoms with van der Waals surface area (Å²) in [6.07, 6.45) is 0.860. The lowest BCUT2D eigenvalue weighted by Gasteiger charge is -2.11. The van der Waals surface area contributed by atoms with E-state index in [0.29, 0.717) is 23.9 Å². The third-order valence-electron chi connectivity index (χ3n) is 3.90. The zero-order chi connectivity index (χ0) is 21.5. The summed E-state index contributed by atoms with van der Waals surface area (Å²) in [6.45, 7) is 2.65. The van der Waals surface area contributed by atoms with Crippen molar-refractivity contribution < 1.29 is 19.8 Å². The first-order chi connectivity index (χ1) is 14.4. The molecule has 0 unspecified atom stereocenters. The second-order valence-electron chi connectivity index (χ2n) is 6.25. The van der Waals surface area contributed by atoms with Crippen LogP contribution in [0.15, 0.2) is 48.5 Å². The van der Waals surface area contributed by atoms with Crippen molar-refractivity contribution in [2.45, 2.75) is 13.3 Å². The van der Waals surface area contributed by atoms with Crippen LogP contribution in [0.25, 0.3) is 0 Å². The van der Waals surface area contributed by atoms with E-state index in [1.54, 1.807) is 24.3 Å². The van der Waals surface area contributed by atoms with Gasteiger partial charge in [0.25, 0.3) is 0 Å². The van der Waals surface area contributed by atoms with Crippen LogP contribution in [0.2, 0.25) is 0 Å². The average Bonchev–Trinajstić information content (AvgIpc) is 2.72. The number of nitrogens with zero attached hydrogens (tertiary/aromatic N) is 3. The van der Waals surface area contributed by atoms with E-state index < -0.39 is 11.9 Å². The van der Waals surface area contributed by atoms with Crippen LogP contribution in [0.1, 0.15) is 34.1 Å². The molecular weight excluding hydrogens is 388 g/mol. The maximum absolute atomic E-state index is 11.2. The molecular formula is C20H20N6O4. The predicted molar refractivity (Wildman–Crippen MR) is 112 cm³/mol. The number of rotatable bonds is 9. The SMILES string of the molecule is CCCNc1nc(Nc2cccc(C(=O)O)c2)nc(Nc2cccc(C(=O)O)c2)n1. The van der Waals surface area contributed by atoms with E-state index in [9.17, 15) is 9.59 Å². The number of hydrogen-bond donors (Lipinski definition) is 5. The normalized spacial score (nSPS) is 10.3. The van der Waals surface area contributed by atoms with Crippen molar-refractivity contribution in [3.8, 4) is 0 Å². The van der Waals surface area contributed by atoms with Crippen LogP contribution in [-0.4, -0.2) is 43.6 Å². The molecule has 1 aromatic heterocycles. The van der Waals surface area contributed by atoms with Crippen molar-refractivity contribution in [1.29, 1.82) is 0 Å². The molecule has 0 fully saturated rings. The smallest absolute Gasteiger partial charge is 0.335 e. The summed E-state index contributed by atoms with van der Waals surface area (Å²) in [6, 6.07) is 12.5. The maximum Gasteiger partial charge on any atom is 0.335 e. The average molecular weight is 408 g/mol. The van der Waals surface area contributed by atoms with E-state index in [2.05, 4.69) is 30.9 Å². The first kappa shape index (κ1) is 20.5. The number of aromatic nitrogens is 3. The number of benzene rings is 2. The highest BCUT2D eigenvalue weighted by Gasteiger charge is 2.10. The fourth-order valence-electron chi connectivity index (χ4n) is 2.52. The zero-order valence-corrected chi connectivity index (χ0v) is 16.1. The number of nitrogens with one attached hydrogen (secondary N) is 3. The Morgan fingerprint density at radius 3 is 1.70 bits per heavy atom. The quantitative estimate of drug-likeness (QED) is 0.355. The fraction of sp³-hybridized carbons (Fsp3) is 0.150. The number of carboxylic acid groups (broad SMARTS) is 2. The number of carbonyl (C=O) groups is 2. The standard InChI is InChI=1S/C20H20N6O4/c1-2-9-21-18-24-19(22-14-7-3-5-12(10-14)16(27)28)26-20(25-18)23-15-8-4-6-13(11-15)17(29)30/h3-8,10-11H,2,9H2,1H3,(H,27,28)(H,29,30)(H3,21,22,23,24,25,26). The third-order valence-corrected chi connectivity index (χ3v) is 3.90. The van der Waals surface area contributed by atoms with E-state index >= 15 is 0 Å². The van der Waals surface area contributed by atoms with Crippen molar-refractivity contribution in [2.75, 3.05) is 22.5 Å². The third kappa shape index (κ3) is 5.41. The number of aromatic carboxylic acids is 2. The van der Waals surface area contributed by atoms with Crippen LogP contribution in [0.4, 0.5) is 29.2 Å². The molecule has 0 saturated carbocycles. The van der Waals surface area contributed by atoms with E-state index in [1.807, 2.05) is 6.92 Å². The molecule has 3 rings (SSSR count). The summed E-state index contributed by atoms with van der Waals surface area (Å²) >= 11 is 0. The van der Waals surface area contributed by atoms with Gasteiger partial charge in [0.15, 0.2) is 0 Å². The minimum atomic E-state index is -1.04. The molecule has 10 heteroatoms. The van der Waals surface area contributed by atoms with Crippen LogP contribution < -0.4 is 16.0 Å². The molecule has 5 N–H and O–H groups in total. The number of carboxylic acids is 2. The van der Waals surface area contributed by atoms with Gasteiger partial charge < -0.3 is 26.2 Å². The highest BCUT2D eigenvalue weighted by molar-refractivity contribution is 5.89. The molecule has 2 aromatic carbocycles. The highest BCUT2D eigenvalue weighted by Crippen LogP contribution is 2.20. The van der Waals surface area contributed by atoms with Crippen molar-refractivity contribution in [1.82, 2.24) is 15.0 Å². The number of hydrogen-bond acceptors (Lipinski definition) is 8. The summed E-state index contributed by atoms with van der Waals surface area (Å²) in [4.78, 5) is 35.3. The molecule has 0 aliphatic carbocycles. The molecule has 1 heterocycles. The molecule has 0 spiro atoms. The zero-order valence-electron chi connectivity index (χ0n) is 16.1. The molecule has 10 nitrogen and oxygen atoms in total. The van der Waals surface area contributed by atoms with Gasteiger partial charge in [0.05, 0.1) is 11.1 Å². The van der Waals surface area contributed by atoms with Crippen LogP contribution in [0, 0.1) is 0 Å². The van der Waals surface area contributed by atoms with Gasteiger partial charge in [-0.25, -0.2) is 9.59 Å². The Bertz CT molecular complexity index is 995. The lowest BCUT2D eigenvalue weighted by atomic mass is 10.2. The second-order valence-corrected chi connectivity index (χ2v) is 6.25. The van der Waals surface area contributed by atoms with Gasteiger partial charge in [-0.15, -0.1) is 0 Å². The van der Waals surface area contributed by atoms with E-state index in [4.69, 9.17) is 10.2 Å². The highest BCUT2D eigenvalue weighted by atomic mass is 16.4. The van der Waals surface area contributed by atoms with Gasteiger partial charge in [-0.3, -0.25) is 0 Å². The van der Waals surface area contributed by atoms with Crippen molar-refractivity contribution in [3.63, 3.8) is 0 Å². The topological polar surface area (TPSA) is 149 Å². The molecule has 3 aromatic rings. The fourth-order valence-corrected chi connectivity index (χ4v) is 2.52. The van der Waals surface area contributed by atoms with Gasteiger partial charge in [0.2, 0.25) is 17.8 Å². The molecule has 0 saturated heterocycles. The molecule has 0 aliphatic heterocycles. The molecule has 0 atom stereocenters. The molecule has 0 radical (unpaired) electrons. The van der Waals surface area contributed by atoms with E-state index in [1.165, 1.54) is 24.3 Å². The summed E-state index contributed by atoms with van der Waals surface area (Å²) in [5.41, 5.74) is 1.26. The van der Waals surface area contributed by atoms with Crippen LogP contribution in [0.3, 0.4) is 0 Å². The molecule has 30 heavy (non-hydrogen) atoms. The monoisotopic (exact) mass is 408 g/mol. The van der Waals surface area contributed by atoms with Gasteiger partial charge in [-0.1, -0.05) is 19.1 Å². The van der Waals surface area contributed by atoms with Crippen LogP contribution >= 0.6 is 0 Å². The van der Waals surface area contributed by atoms with E-state index in [-0.39, 0.29) is 23.0 Å². The van der Waals surface area contributed by atoms with Gasteiger partial charge >= 0.3 is 11.9 Å². The van der Waals surface area contributed by atoms with Gasteiger partial charge in [0, 0.05) is 17.9 Å². The Morgan fingerprint density at radius 2 is 1.27 bits per heavy atom. The largest absolute Gasteiger partial charge is 0.478 e. The Hall–Kier alpha value is -4.21. The lowest BCUT2D eigenvalue weighted by molar-refractivity contribution is 0.0686. The predicted octanol–water partition coefficient (Wildman–Crippen LogP) is 3.58. The summed E-state index contributed by atoms with van der Waals surface area (Å²) in [7, 11) is 0. The van der Waals surface area contributed by atoms with E-state index in [0.717, 1.165) is 6.42 Å². The van der Waals surface area contributed by atoms with Crippen molar-refractivity contribution >= 4 is 41.2 Å². The molecule has 0 aliphatic rings. The Balaban J connectivity index is 1.90. The Labute approximate surface area is 172 Å².